The van der Waals surface area contributed by atoms with Crippen LogP contribution in [0.4, 0.5) is 0 Å². The second kappa shape index (κ2) is 6.60. The molecule has 128 valence electrons. The summed E-state index contributed by atoms with van der Waals surface area (Å²) in [4.78, 5) is 36.8. The summed E-state index contributed by atoms with van der Waals surface area (Å²) in [6, 6.07) is 8.89. The Balaban J connectivity index is 1.52. The van der Waals surface area contributed by atoms with Crippen LogP contribution < -0.4 is 0 Å². The summed E-state index contributed by atoms with van der Waals surface area (Å²) in [6.07, 6.45) is 4.76. The third-order valence-corrected chi connectivity index (χ3v) is 4.65. The van der Waals surface area contributed by atoms with Gasteiger partial charge in [0.25, 0.3) is 5.91 Å². The van der Waals surface area contributed by atoms with Crippen LogP contribution in [0.1, 0.15) is 16.1 Å². The van der Waals surface area contributed by atoms with Crippen molar-refractivity contribution in [1.82, 2.24) is 19.8 Å². The van der Waals surface area contributed by atoms with E-state index < -0.39 is 0 Å². The summed E-state index contributed by atoms with van der Waals surface area (Å²) in [5, 5.41) is 0. The van der Waals surface area contributed by atoms with Gasteiger partial charge in [0.2, 0.25) is 5.91 Å². The molecular formula is C18H18N4O3. The summed E-state index contributed by atoms with van der Waals surface area (Å²) < 4.78 is 5.68. The normalized spacial score (nSPS) is 22.8. The number of ether oxygens (including phenoxy) is 1. The maximum absolute atomic E-state index is 12.7. The second-order valence-corrected chi connectivity index (χ2v) is 6.21. The lowest BCUT2D eigenvalue weighted by molar-refractivity contribution is -0.154. The highest BCUT2D eigenvalue weighted by Crippen LogP contribution is 2.26. The maximum atomic E-state index is 12.7. The van der Waals surface area contributed by atoms with Gasteiger partial charge in [-0.2, -0.15) is 0 Å². The highest BCUT2D eigenvalue weighted by Gasteiger charge is 2.44. The minimum absolute atomic E-state index is 0.0469. The van der Waals surface area contributed by atoms with Gasteiger partial charge in [0.1, 0.15) is 6.61 Å². The molecule has 4 heterocycles. The Morgan fingerprint density at radius 3 is 2.76 bits per heavy atom. The molecule has 2 amide bonds. The quantitative estimate of drug-likeness (QED) is 0.825. The minimum atomic E-state index is -0.160. The zero-order chi connectivity index (χ0) is 17.2. The fraction of sp³-hybridized carbons (Fsp3) is 0.333. The summed E-state index contributed by atoms with van der Waals surface area (Å²) in [7, 11) is 0. The first-order valence-corrected chi connectivity index (χ1v) is 8.22. The largest absolute Gasteiger partial charge is 0.364 e. The topological polar surface area (TPSA) is 75.6 Å². The summed E-state index contributed by atoms with van der Waals surface area (Å²) >= 11 is 0. The molecule has 2 aliphatic rings. The van der Waals surface area contributed by atoms with E-state index >= 15 is 0 Å². The molecule has 7 nitrogen and oxygen atoms in total. The Morgan fingerprint density at radius 2 is 2.00 bits per heavy atom. The van der Waals surface area contributed by atoms with Gasteiger partial charge in [-0.25, -0.2) is 0 Å². The van der Waals surface area contributed by atoms with Crippen molar-refractivity contribution in [1.29, 1.82) is 0 Å². The SMILES string of the molecule is O=C(c1ccncc1)N1C[C@@H]2OCC(=O)N(Cc3ccccn3)[C@@H]2C1. The molecule has 2 atom stereocenters. The molecular weight excluding hydrogens is 320 g/mol. The Morgan fingerprint density at radius 1 is 1.16 bits per heavy atom. The second-order valence-electron chi connectivity index (χ2n) is 6.21. The highest BCUT2D eigenvalue weighted by molar-refractivity contribution is 5.94. The van der Waals surface area contributed by atoms with E-state index in [1.54, 1.807) is 40.5 Å². The van der Waals surface area contributed by atoms with Crippen LogP contribution in [0.15, 0.2) is 48.9 Å². The number of rotatable bonds is 3. The van der Waals surface area contributed by atoms with Gasteiger partial charge in [0.05, 0.1) is 24.4 Å². The number of fused-ring (bicyclic) bond motifs is 1. The molecule has 0 radical (unpaired) electrons. The first-order valence-electron chi connectivity index (χ1n) is 8.22. The molecule has 0 saturated carbocycles. The van der Waals surface area contributed by atoms with E-state index in [0.717, 1.165) is 5.69 Å². The summed E-state index contributed by atoms with van der Waals surface area (Å²) in [5.41, 5.74) is 1.42. The third kappa shape index (κ3) is 3.10. The number of carbonyl (C=O) groups excluding carboxylic acids is 2. The summed E-state index contributed by atoms with van der Waals surface area (Å²) in [6.45, 7) is 1.43. The first kappa shape index (κ1) is 15.7. The molecule has 2 aromatic heterocycles. The average molecular weight is 338 g/mol. The Kier molecular flexibility index (Phi) is 4.15. The van der Waals surface area contributed by atoms with Crippen LogP contribution in [0.3, 0.4) is 0 Å². The van der Waals surface area contributed by atoms with E-state index in [-0.39, 0.29) is 30.6 Å². The average Bonchev–Trinajstić information content (AvgIpc) is 3.10. The predicted octanol–water partition coefficient (Wildman–Crippen LogP) is 0.729. The lowest BCUT2D eigenvalue weighted by atomic mass is 10.1. The smallest absolute Gasteiger partial charge is 0.254 e. The van der Waals surface area contributed by atoms with E-state index in [1.807, 2.05) is 18.2 Å². The van der Waals surface area contributed by atoms with Crippen LogP contribution >= 0.6 is 0 Å². The van der Waals surface area contributed by atoms with Crippen molar-refractivity contribution in [2.45, 2.75) is 18.7 Å². The highest BCUT2D eigenvalue weighted by atomic mass is 16.5. The van der Waals surface area contributed by atoms with E-state index in [9.17, 15) is 9.59 Å². The lowest BCUT2D eigenvalue weighted by Gasteiger charge is -2.36. The molecule has 7 heteroatoms. The number of hydrogen-bond donors (Lipinski definition) is 0. The fourth-order valence-electron chi connectivity index (χ4n) is 3.38. The van der Waals surface area contributed by atoms with Crippen molar-refractivity contribution < 1.29 is 14.3 Å². The third-order valence-electron chi connectivity index (χ3n) is 4.65. The number of carbonyl (C=O) groups is 2. The number of likely N-dealkylation sites (tertiary alicyclic amines) is 1. The van der Waals surface area contributed by atoms with Gasteiger partial charge >= 0.3 is 0 Å². The fourth-order valence-corrected chi connectivity index (χ4v) is 3.38. The van der Waals surface area contributed by atoms with Gasteiger partial charge in [-0.15, -0.1) is 0 Å². The number of amides is 2. The minimum Gasteiger partial charge on any atom is -0.364 e. The Hall–Kier alpha value is -2.80. The number of nitrogens with zero attached hydrogens (tertiary/aromatic N) is 4. The number of morpholine rings is 1. The molecule has 0 N–H and O–H groups in total. The van der Waals surface area contributed by atoms with Crippen LogP contribution in [-0.2, 0) is 16.1 Å². The van der Waals surface area contributed by atoms with Gasteiger partial charge in [-0.05, 0) is 24.3 Å². The van der Waals surface area contributed by atoms with Crippen LogP contribution in [0, 0.1) is 0 Å². The van der Waals surface area contributed by atoms with Crippen LogP contribution in [0.25, 0.3) is 0 Å². The molecule has 4 rings (SSSR count). The number of aromatic nitrogens is 2. The van der Waals surface area contributed by atoms with Crippen LogP contribution in [0.2, 0.25) is 0 Å². The van der Waals surface area contributed by atoms with Crippen molar-refractivity contribution >= 4 is 11.8 Å². The number of hydrogen-bond acceptors (Lipinski definition) is 5. The van der Waals surface area contributed by atoms with E-state index in [1.165, 1.54) is 0 Å². The van der Waals surface area contributed by atoms with Crippen molar-refractivity contribution in [2.75, 3.05) is 19.7 Å². The molecule has 2 aliphatic heterocycles. The molecule has 2 aromatic rings. The Labute approximate surface area is 145 Å². The molecule has 0 bridgehead atoms. The van der Waals surface area contributed by atoms with E-state index in [4.69, 9.17) is 4.74 Å². The van der Waals surface area contributed by atoms with E-state index in [0.29, 0.717) is 25.2 Å². The van der Waals surface area contributed by atoms with Crippen LogP contribution in [0.5, 0.6) is 0 Å². The molecule has 0 unspecified atom stereocenters. The molecule has 2 saturated heterocycles. The summed E-state index contributed by atoms with van der Waals surface area (Å²) in [5.74, 6) is -0.129. The monoisotopic (exact) mass is 338 g/mol. The van der Waals surface area contributed by atoms with Crippen molar-refractivity contribution in [3.8, 4) is 0 Å². The predicted molar refractivity (Wildman–Crippen MR) is 88.5 cm³/mol. The maximum Gasteiger partial charge on any atom is 0.254 e. The zero-order valence-electron chi connectivity index (χ0n) is 13.6. The van der Waals surface area contributed by atoms with Crippen molar-refractivity contribution in [3.63, 3.8) is 0 Å². The lowest BCUT2D eigenvalue weighted by Crippen LogP contribution is -2.53. The van der Waals surface area contributed by atoms with Gasteiger partial charge in [-0.3, -0.25) is 19.6 Å². The number of pyridine rings is 2. The van der Waals surface area contributed by atoms with Gasteiger partial charge in [0.15, 0.2) is 0 Å². The first-order chi connectivity index (χ1) is 12.2. The van der Waals surface area contributed by atoms with Gasteiger partial charge in [-0.1, -0.05) is 6.07 Å². The molecule has 0 aliphatic carbocycles. The molecule has 2 fully saturated rings. The van der Waals surface area contributed by atoms with Gasteiger partial charge < -0.3 is 14.5 Å². The molecule has 0 spiro atoms. The van der Waals surface area contributed by atoms with Crippen molar-refractivity contribution in [2.24, 2.45) is 0 Å². The standard InChI is InChI=1S/C18H18N4O3/c23-17-12-25-16-11-21(18(24)13-4-7-19-8-5-13)10-15(16)22(17)9-14-3-1-2-6-20-14/h1-8,15-16H,9-12H2/t15-,16+/m1/s1. The Bertz CT molecular complexity index is 768. The molecule has 0 aromatic carbocycles. The van der Waals surface area contributed by atoms with Crippen molar-refractivity contribution in [3.05, 3.63) is 60.2 Å². The van der Waals surface area contributed by atoms with E-state index in [2.05, 4.69) is 9.97 Å². The molecule has 25 heavy (non-hydrogen) atoms. The van der Waals surface area contributed by atoms with Gasteiger partial charge in [0, 0.05) is 37.2 Å². The van der Waals surface area contributed by atoms with Crippen LogP contribution in [-0.4, -0.2) is 63.4 Å². The zero-order valence-corrected chi connectivity index (χ0v) is 13.6.